The molecule has 3 N–H and O–H groups in total. The van der Waals surface area contributed by atoms with E-state index in [0.717, 1.165) is 23.1 Å². The van der Waals surface area contributed by atoms with Crippen LogP contribution in [0.25, 0.3) is 10.8 Å². The van der Waals surface area contributed by atoms with E-state index in [1.54, 1.807) is 13.2 Å². The van der Waals surface area contributed by atoms with E-state index < -0.39 is 0 Å². The van der Waals surface area contributed by atoms with Crippen LogP contribution in [0.4, 0.5) is 5.82 Å². The van der Waals surface area contributed by atoms with Crippen molar-refractivity contribution in [1.29, 1.82) is 0 Å². The maximum Gasteiger partial charge on any atom is 0.272 e. The van der Waals surface area contributed by atoms with E-state index in [1.807, 2.05) is 42.5 Å². The van der Waals surface area contributed by atoms with Gasteiger partial charge in [-0.05, 0) is 30.2 Å². The second-order valence-electron chi connectivity index (χ2n) is 6.11. The lowest BCUT2D eigenvalue weighted by Gasteiger charge is -2.09. The SMILES string of the molecule is COc1cccc(CC(=O)NCCCNc2n[nH]c(=O)c3ccccc23)c1. The van der Waals surface area contributed by atoms with Crippen molar-refractivity contribution >= 4 is 22.5 Å². The molecule has 0 saturated heterocycles. The van der Waals surface area contributed by atoms with Crippen LogP contribution in [-0.2, 0) is 11.2 Å². The first-order valence-corrected chi connectivity index (χ1v) is 8.78. The van der Waals surface area contributed by atoms with Crippen molar-refractivity contribution in [3.8, 4) is 5.75 Å². The van der Waals surface area contributed by atoms with Crippen molar-refractivity contribution in [3.63, 3.8) is 0 Å². The summed E-state index contributed by atoms with van der Waals surface area (Å²) >= 11 is 0. The first kappa shape index (κ1) is 18.4. The van der Waals surface area contributed by atoms with Gasteiger partial charge >= 0.3 is 0 Å². The number of methoxy groups -OCH3 is 1. The number of benzene rings is 2. The van der Waals surface area contributed by atoms with E-state index >= 15 is 0 Å². The fourth-order valence-corrected chi connectivity index (χ4v) is 2.80. The lowest BCUT2D eigenvalue weighted by molar-refractivity contribution is -0.120. The molecule has 1 aromatic heterocycles. The molecule has 0 aliphatic carbocycles. The zero-order valence-corrected chi connectivity index (χ0v) is 15.1. The third-order valence-corrected chi connectivity index (χ3v) is 4.16. The molecule has 0 fully saturated rings. The Balaban J connectivity index is 1.45. The van der Waals surface area contributed by atoms with Crippen LogP contribution in [0, 0.1) is 0 Å². The molecule has 1 heterocycles. The van der Waals surface area contributed by atoms with Crippen LogP contribution >= 0.6 is 0 Å². The van der Waals surface area contributed by atoms with Crippen molar-refractivity contribution in [1.82, 2.24) is 15.5 Å². The Kier molecular flexibility index (Phi) is 6.04. The first-order chi connectivity index (χ1) is 13.2. The predicted molar refractivity (Wildman–Crippen MR) is 105 cm³/mol. The Hall–Kier alpha value is -3.35. The van der Waals surface area contributed by atoms with Gasteiger partial charge in [-0.2, -0.15) is 5.10 Å². The van der Waals surface area contributed by atoms with Crippen LogP contribution in [0.2, 0.25) is 0 Å². The van der Waals surface area contributed by atoms with E-state index in [0.29, 0.717) is 30.7 Å². The number of anilines is 1. The smallest absolute Gasteiger partial charge is 0.272 e. The number of fused-ring (bicyclic) bond motifs is 1. The number of hydrogen-bond donors (Lipinski definition) is 3. The van der Waals surface area contributed by atoms with Crippen molar-refractivity contribution < 1.29 is 9.53 Å². The van der Waals surface area contributed by atoms with E-state index in [9.17, 15) is 9.59 Å². The molecule has 3 rings (SSSR count). The van der Waals surface area contributed by atoms with Gasteiger partial charge in [-0.1, -0.05) is 30.3 Å². The summed E-state index contributed by atoms with van der Waals surface area (Å²) < 4.78 is 5.16. The number of carbonyl (C=O) groups is 1. The van der Waals surface area contributed by atoms with Crippen LogP contribution in [0.15, 0.2) is 53.3 Å². The van der Waals surface area contributed by atoms with Gasteiger partial charge < -0.3 is 15.4 Å². The Morgan fingerprint density at radius 1 is 1.11 bits per heavy atom. The molecule has 0 aliphatic rings. The molecule has 27 heavy (non-hydrogen) atoms. The number of nitrogens with zero attached hydrogens (tertiary/aromatic N) is 1. The number of aromatic amines is 1. The van der Waals surface area contributed by atoms with Gasteiger partial charge in [-0.15, -0.1) is 0 Å². The Bertz CT molecular complexity index is 984. The number of hydrogen-bond acceptors (Lipinski definition) is 5. The van der Waals surface area contributed by atoms with Gasteiger partial charge in [0.1, 0.15) is 5.75 Å². The number of rotatable bonds is 8. The maximum absolute atomic E-state index is 12.0. The zero-order chi connectivity index (χ0) is 19.1. The molecule has 0 aliphatic heterocycles. The molecule has 0 radical (unpaired) electrons. The van der Waals surface area contributed by atoms with Crippen molar-refractivity contribution in [3.05, 3.63) is 64.4 Å². The minimum absolute atomic E-state index is 0.0316. The molecule has 3 aromatic rings. The number of ether oxygens (including phenoxy) is 1. The lowest BCUT2D eigenvalue weighted by atomic mass is 10.1. The van der Waals surface area contributed by atoms with Crippen molar-refractivity contribution in [2.75, 3.05) is 25.5 Å². The van der Waals surface area contributed by atoms with Crippen LogP contribution in [0.1, 0.15) is 12.0 Å². The topological polar surface area (TPSA) is 96.1 Å². The molecule has 1 amide bonds. The number of amides is 1. The van der Waals surface area contributed by atoms with E-state index in [-0.39, 0.29) is 11.5 Å². The van der Waals surface area contributed by atoms with Crippen LogP contribution in [0.3, 0.4) is 0 Å². The fraction of sp³-hybridized carbons (Fsp3) is 0.250. The second-order valence-corrected chi connectivity index (χ2v) is 6.11. The summed E-state index contributed by atoms with van der Waals surface area (Å²) in [6.45, 7) is 1.18. The number of H-pyrrole nitrogens is 1. The highest BCUT2D eigenvalue weighted by Gasteiger charge is 2.06. The standard InChI is InChI=1S/C20H22N4O3/c1-27-15-7-4-6-14(12-15)13-18(25)21-10-5-11-22-19-16-8-2-3-9-17(16)20(26)24-23-19/h2-4,6-9,12H,5,10-11,13H2,1H3,(H,21,25)(H,22,23)(H,24,26). The fourth-order valence-electron chi connectivity index (χ4n) is 2.80. The van der Waals surface area contributed by atoms with Crippen LogP contribution in [-0.4, -0.2) is 36.3 Å². The summed E-state index contributed by atoms with van der Waals surface area (Å²) in [7, 11) is 1.60. The molecule has 7 heteroatoms. The van der Waals surface area contributed by atoms with Gasteiger partial charge in [0.2, 0.25) is 5.91 Å². The van der Waals surface area contributed by atoms with E-state index in [1.165, 1.54) is 0 Å². The highest BCUT2D eigenvalue weighted by atomic mass is 16.5. The molecule has 0 atom stereocenters. The monoisotopic (exact) mass is 366 g/mol. The average molecular weight is 366 g/mol. The number of carbonyl (C=O) groups excluding carboxylic acids is 1. The Morgan fingerprint density at radius 3 is 2.74 bits per heavy atom. The number of nitrogens with one attached hydrogen (secondary N) is 3. The van der Waals surface area contributed by atoms with Gasteiger partial charge in [0, 0.05) is 18.5 Å². The average Bonchev–Trinajstić information content (AvgIpc) is 2.69. The summed E-state index contributed by atoms with van der Waals surface area (Å²) in [6, 6.07) is 14.8. The Labute approximate surface area is 156 Å². The molecule has 2 aromatic carbocycles. The van der Waals surface area contributed by atoms with Crippen molar-refractivity contribution in [2.45, 2.75) is 12.8 Å². The molecule has 0 spiro atoms. The van der Waals surface area contributed by atoms with E-state index in [4.69, 9.17) is 4.74 Å². The van der Waals surface area contributed by atoms with Crippen LogP contribution < -0.4 is 20.9 Å². The predicted octanol–water partition coefficient (Wildman–Crippen LogP) is 2.09. The van der Waals surface area contributed by atoms with Gasteiger partial charge in [0.15, 0.2) is 5.82 Å². The van der Waals surface area contributed by atoms with Crippen LogP contribution in [0.5, 0.6) is 5.75 Å². The second kappa shape index (κ2) is 8.84. The van der Waals surface area contributed by atoms with E-state index in [2.05, 4.69) is 20.8 Å². The summed E-state index contributed by atoms with van der Waals surface area (Å²) in [5.74, 6) is 1.34. The molecule has 0 saturated carbocycles. The molecule has 0 bridgehead atoms. The minimum atomic E-state index is -0.207. The largest absolute Gasteiger partial charge is 0.497 e. The summed E-state index contributed by atoms with van der Waals surface area (Å²) in [6.07, 6.45) is 1.05. The normalized spacial score (nSPS) is 10.6. The maximum atomic E-state index is 12.0. The third-order valence-electron chi connectivity index (χ3n) is 4.16. The molecule has 0 unspecified atom stereocenters. The number of aromatic nitrogens is 2. The van der Waals surface area contributed by atoms with Gasteiger partial charge in [-0.3, -0.25) is 9.59 Å². The summed E-state index contributed by atoms with van der Waals surface area (Å²) in [4.78, 5) is 23.8. The molecule has 7 nitrogen and oxygen atoms in total. The van der Waals surface area contributed by atoms with Gasteiger partial charge in [-0.25, -0.2) is 5.10 Å². The zero-order valence-electron chi connectivity index (χ0n) is 15.1. The molecular formula is C20H22N4O3. The minimum Gasteiger partial charge on any atom is -0.497 e. The summed E-state index contributed by atoms with van der Waals surface area (Å²) in [5, 5.41) is 14.0. The lowest BCUT2D eigenvalue weighted by Crippen LogP contribution is -2.27. The van der Waals surface area contributed by atoms with Crippen molar-refractivity contribution in [2.24, 2.45) is 0 Å². The Morgan fingerprint density at radius 2 is 1.93 bits per heavy atom. The quantitative estimate of drug-likeness (QED) is 0.531. The highest BCUT2D eigenvalue weighted by molar-refractivity contribution is 5.90. The molecule has 140 valence electrons. The highest BCUT2D eigenvalue weighted by Crippen LogP contribution is 2.16. The van der Waals surface area contributed by atoms with Gasteiger partial charge in [0.25, 0.3) is 5.56 Å². The van der Waals surface area contributed by atoms with Gasteiger partial charge in [0.05, 0.1) is 18.9 Å². The summed E-state index contributed by atoms with van der Waals surface area (Å²) in [5.41, 5.74) is 0.704. The first-order valence-electron chi connectivity index (χ1n) is 8.78. The molecular weight excluding hydrogens is 344 g/mol. The third kappa shape index (κ3) is 4.84.